The standard InChI is InChI=1S/C17H20N2OS/c1-3-19(14-9-7-12(2)8-10-14)18-17(20)16-11-13-5-4-6-15(13)21-16/h7-11H,3-6H2,1-2H3,(H,18,20). The lowest BCUT2D eigenvalue weighted by Crippen LogP contribution is -2.42. The molecule has 0 aliphatic heterocycles. The van der Waals surface area contributed by atoms with Crippen molar-refractivity contribution in [3.63, 3.8) is 0 Å². The van der Waals surface area contributed by atoms with Crippen LogP contribution in [0.25, 0.3) is 0 Å². The topological polar surface area (TPSA) is 32.3 Å². The molecule has 3 rings (SSSR count). The quantitative estimate of drug-likeness (QED) is 0.873. The van der Waals surface area contributed by atoms with Gasteiger partial charge < -0.3 is 0 Å². The van der Waals surface area contributed by atoms with Crippen LogP contribution in [0.2, 0.25) is 0 Å². The molecule has 4 heteroatoms. The first-order valence-corrected chi connectivity index (χ1v) is 8.26. The van der Waals surface area contributed by atoms with Crippen molar-refractivity contribution < 1.29 is 4.79 Å². The largest absolute Gasteiger partial charge is 0.286 e. The van der Waals surface area contributed by atoms with Gasteiger partial charge in [-0.2, -0.15) is 0 Å². The van der Waals surface area contributed by atoms with Gasteiger partial charge in [0.25, 0.3) is 5.91 Å². The molecule has 1 N–H and O–H groups in total. The fourth-order valence-corrected chi connectivity index (χ4v) is 3.81. The van der Waals surface area contributed by atoms with Gasteiger partial charge in [0.1, 0.15) is 0 Å². The monoisotopic (exact) mass is 300 g/mol. The van der Waals surface area contributed by atoms with E-state index in [2.05, 4.69) is 30.5 Å². The molecule has 1 aliphatic carbocycles. The molecular weight excluding hydrogens is 280 g/mol. The van der Waals surface area contributed by atoms with Crippen LogP contribution >= 0.6 is 11.3 Å². The van der Waals surface area contributed by atoms with Gasteiger partial charge in [-0.3, -0.25) is 15.2 Å². The predicted molar refractivity (Wildman–Crippen MR) is 88.0 cm³/mol. The van der Waals surface area contributed by atoms with E-state index >= 15 is 0 Å². The Labute approximate surface area is 129 Å². The van der Waals surface area contributed by atoms with Crippen LogP contribution in [-0.2, 0) is 12.8 Å². The van der Waals surface area contributed by atoms with Crippen LogP contribution in [0.3, 0.4) is 0 Å². The van der Waals surface area contributed by atoms with E-state index in [-0.39, 0.29) is 5.91 Å². The number of hydrazine groups is 1. The third kappa shape index (κ3) is 2.95. The van der Waals surface area contributed by atoms with Gasteiger partial charge in [-0.05, 0) is 56.9 Å². The molecular formula is C17H20N2OS. The average molecular weight is 300 g/mol. The lowest BCUT2D eigenvalue weighted by Gasteiger charge is -2.23. The number of carbonyl (C=O) groups is 1. The van der Waals surface area contributed by atoms with Gasteiger partial charge in [0.05, 0.1) is 10.6 Å². The number of hydrogen-bond donors (Lipinski definition) is 1. The highest BCUT2D eigenvalue weighted by atomic mass is 32.1. The number of carbonyl (C=O) groups excluding carboxylic acids is 1. The highest BCUT2D eigenvalue weighted by molar-refractivity contribution is 7.14. The molecule has 0 bridgehead atoms. The van der Waals surface area contributed by atoms with Crippen molar-refractivity contribution in [2.45, 2.75) is 33.1 Å². The Morgan fingerprint density at radius 2 is 2.05 bits per heavy atom. The SMILES string of the molecule is CCN(NC(=O)c1cc2c(s1)CCC2)c1ccc(C)cc1. The normalized spacial score (nSPS) is 13.0. The Balaban J connectivity index is 1.73. The summed E-state index contributed by atoms with van der Waals surface area (Å²) in [6.45, 7) is 4.83. The zero-order valence-electron chi connectivity index (χ0n) is 12.5. The number of hydrogen-bond acceptors (Lipinski definition) is 3. The van der Waals surface area contributed by atoms with Gasteiger partial charge in [-0.15, -0.1) is 11.3 Å². The molecule has 1 amide bonds. The molecule has 110 valence electrons. The van der Waals surface area contributed by atoms with Crippen molar-refractivity contribution in [1.29, 1.82) is 0 Å². The van der Waals surface area contributed by atoms with Gasteiger partial charge in [0.2, 0.25) is 0 Å². The van der Waals surface area contributed by atoms with E-state index in [0.717, 1.165) is 30.0 Å². The number of amides is 1. The van der Waals surface area contributed by atoms with Crippen molar-refractivity contribution in [2.24, 2.45) is 0 Å². The van der Waals surface area contributed by atoms with Crippen molar-refractivity contribution >= 4 is 22.9 Å². The highest BCUT2D eigenvalue weighted by Crippen LogP contribution is 2.30. The Bertz CT molecular complexity index is 624. The number of fused-ring (bicyclic) bond motifs is 1. The van der Waals surface area contributed by atoms with Crippen LogP contribution in [0.5, 0.6) is 0 Å². The van der Waals surface area contributed by atoms with Gasteiger partial charge >= 0.3 is 0 Å². The summed E-state index contributed by atoms with van der Waals surface area (Å²) in [7, 11) is 0. The predicted octanol–water partition coefficient (Wildman–Crippen LogP) is 3.72. The second-order valence-corrected chi connectivity index (χ2v) is 6.57. The fourth-order valence-electron chi connectivity index (χ4n) is 2.67. The second-order valence-electron chi connectivity index (χ2n) is 5.43. The zero-order valence-corrected chi connectivity index (χ0v) is 13.3. The molecule has 2 aromatic rings. The summed E-state index contributed by atoms with van der Waals surface area (Å²) in [5, 5.41) is 1.90. The summed E-state index contributed by atoms with van der Waals surface area (Å²) in [6, 6.07) is 10.3. The summed E-state index contributed by atoms with van der Waals surface area (Å²) >= 11 is 1.64. The highest BCUT2D eigenvalue weighted by Gasteiger charge is 2.19. The maximum absolute atomic E-state index is 12.4. The van der Waals surface area contributed by atoms with Crippen molar-refractivity contribution in [3.05, 3.63) is 51.2 Å². The number of thiophene rings is 1. The van der Waals surface area contributed by atoms with Crippen LogP contribution < -0.4 is 10.4 Å². The van der Waals surface area contributed by atoms with Crippen molar-refractivity contribution in [1.82, 2.24) is 5.43 Å². The molecule has 0 saturated heterocycles. The molecule has 0 spiro atoms. The molecule has 0 radical (unpaired) electrons. The minimum Gasteiger partial charge on any atom is -0.286 e. The lowest BCUT2D eigenvalue weighted by molar-refractivity contribution is 0.0953. The Morgan fingerprint density at radius 3 is 2.71 bits per heavy atom. The number of aryl methyl sites for hydroxylation is 3. The van der Waals surface area contributed by atoms with E-state index in [1.54, 1.807) is 11.3 Å². The van der Waals surface area contributed by atoms with Gasteiger partial charge in [0, 0.05) is 11.4 Å². The number of benzene rings is 1. The molecule has 0 atom stereocenters. The molecule has 0 unspecified atom stereocenters. The first-order valence-electron chi connectivity index (χ1n) is 7.44. The fraction of sp³-hybridized carbons (Fsp3) is 0.353. The Hall–Kier alpha value is -1.81. The average Bonchev–Trinajstić information content (AvgIpc) is 3.07. The van der Waals surface area contributed by atoms with Crippen LogP contribution in [0.1, 0.15) is 39.0 Å². The summed E-state index contributed by atoms with van der Waals surface area (Å²) in [6.07, 6.45) is 3.48. The molecule has 1 aromatic carbocycles. The second kappa shape index (κ2) is 5.90. The minimum absolute atomic E-state index is 0.00294. The number of nitrogens with zero attached hydrogens (tertiary/aromatic N) is 1. The van der Waals surface area contributed by atoms with Crippen LogP contribution in [0, 0.1) is 6.92 Å². The molecule has 0 fully saturated rings. The van der Waals surface area contributed by atoms with E-state index in [1.165, 1.54) is 22.4 Å². The lowest BCUT2D eigenvalue weighted by atomic mass is 10.2. The first kappa shape index (κ1) is 14.1. The molecule has 1 aliphatic rings. The maximum Gasteiger partial charge on any atom is 0.279 e. The van der Waals surface area contributed by atoms with Crippen molar-refractivity contribution in [3.8, 4) is 0 Å². The van der Waals surface area contributed by atoms with Gasteiger partial charge in [-0.1, -0.05) is 17.7 Å². The summed E-state index contributed by atoms with van der Waals surface area (Å²) in [4.78, 5) is 14.6. The summed E-state index contributed by atoms with van der Waals surface area (Å²) in [5.74, 6) is -0.00294. The third-order valence-electron chi connectivity index (χ3n) is 3.87. The third-order valence-corrected chi connectivity index (χ3v) is 5.10. The number of rotatable bonds is 4. The van der Waals surface area contributed by atoms with E-state index < -0.39 is 0 Å². The van der Waals surface area contributed by atoms with Crippen molar-refractivity contribution in [2.75, 3.05) is 11.6 Å². The molecule has 0 saturated carbocycles. The first-order chi connectivity index (χ1) is 10.2. The van der Waals surface area contributed by atoms with E-state index in [9.17, 15) is 4.79 Å². The minimum atomic E-state index is -0.00294. The molecule has 1 heterocycles. The number of nitrogens with one attached hydrogen (secondary N) is 1. The van der Waals surface area contributed by atoms with Crippen LogP contribution in [-0.4, -0.2) is 12.5 Å². The molecule has 1 aromatic heterocycles. The molecule has 3 nitrogen and oxygen atoms in total. The smallest absolute Gasteiger partial charge is 0.279 e. The van der Waals surface area contributed by atoms with E-state index in [1.807, 2.05) is 24.1 Å². The zero-order chi connectivity index (χ0) is 14.8. The summed E-state index contributed by atoms with van der Waals surface area (Å²) < 4.78 is 0. The van der Waals surface area contributed by atoms with Gasteiger partial charge in [-0.25, -0.2) is 0 Å². The van der Waals surface area contributed by atoms with Gasteiger partial charge in [0.15, 0.2) is 0 Å². The van der Waals surface area contributed by atoms with Crippen LogP contribution in [0.15, 0.2) is 30.3 Å². The van der Waals surface area contributed by atoms with E-state index in [0.29, 0.717) is 0 Å². The summed E-state index contributed by atoms with van der Waals surface area (Å²) in [5.41, 5.74) is 6.61. The Kier molecular flexibility index (Phi) is 3.97. The molecule has 21 heavy (non-hydrogen) atoms. The van der Waals surface area contributed by atoms with E-state index in [4.69, 9.17) is 0 Å². The van der Waals surface area contributed by atoms with Crippen LogP contribution in [0.4, 0.5) is 5.69 Å². The number of anilines is 1. The maximum atomic E-state index is 12.4. The Morgan fingerprint density at radius 1 is 1.29 bits per heavy atom.